The molecule has 0 radical (unpaired) electrons. The Labute approximate surface area is 63.2 Å². The molecule has 0 aliphatic heterocycles. The van der Waals surface area contributed by atoms with Crippen LogP contribution in [0, 0.1) is 0 Å². The average molecular weight is 156 g/mol. The number of carbonyl (C=O) groups excluding carboxylic acids is 1. The topological polar surface area (TPSA) is 78.4 Å². The van der Waals surface area contributed by atoms with Crippen LogP contribution < -0.4 is 5.73 Å². The lowest BCUT2D eigenvalue weighted by atomic mass is 10.2. The second-order valence-electron chi connectivity index (χ2n) is 1.91. The molecule has 5 nitrogen and oxygen atoms in total. The van der Waals surface area contributed by atoms with E-state index in [9.17, 15) is 4.79 Å². The molecule has 1 aromatic heterocycles. The van der Waals surface area contributed by atoms with Crippen molar-refractivity contribution in [2.24, 2.45) is 5.73 Å². The molecule has 2 N–H and O–H groups in total. The minimum Gasteiger partial charge on any atom is -0.468 e. The fraction of sp³-hybridized carbons (Fsp3) is 0.333. The molecular weight excluding hydrogens is 148 g/mol. The Hall–Kier alpha value is -1.36. The predicted octanol–water partition coefficient (Wildman–Crippen LogP) is -0.153. The van der Waals surface area contributed by atoms with Crippen molar-refractivity contribution < 1.29 is 13.9 Å². The van der Waals surface area contributed by atoms with Crippen LogP contribution in [0.5, 0.6) is 0 Å². The molecule has 0 amide bonds. The molecule has 0 bridgehead atoms. The van der Waals surface area contributed by atoms with Crippen molar-refractivity contribution in [3.05, 3.63) is 18.4 Å². The van der Waals surface area contributed by atoms with Crippen LogP contribution in [0.3, 0.4) is 0 Å². The summed E-state index contributed by atoms with van der Waals surface area (Å²) in [4.78, 5) is 14.5. The largest absolute Gasteiger partial charge is 0.468 e. The van der Waals surface area contributed by atoms with E-state index in [1.54, 1.807) is 0 Å². The molecule has 60 valence electrons. The van der Waals surface area contributed by atoms with Crippen LogP contribution in [0.25, 0.3) is 0 Å². The fourth-order valence-corrected chi connectivity index (χ4v) is 0.623. The molecular formula is C6H8N2O3. The zero-order valence-electron chi connectivity index (χ0n) is 5.98. The molecule has 11 heavy (non-hydrogen) atoms. The summed E-state index contributed by atoms with van der Waals surface area (Å²) in [6.45, 7) is 0. The molecule has 0 aromatic carbocycles. The van der Waals surface area contributed by atoms with E-state index in [4.69, 9.17) is 5.73 Å². The van der Waals surface area contributed by atoms with E-state index in [0.717, 1.165) is 0 Å². The Balaban J connectivity index is 2.70. The van der Waals surface area contributed by atoms with Gasteiger partial charge in [0.15, 0.2) is 6.39 Å². The van der Waals surface area contributed by atoms with Gasteiger partial charge in [0.25, 0.3) is 0 Å². The summed E-state index contributed by atoms with van der Waals surface area (Å²) < 4.78 is 9.02. The minimum absolute atomic E-state index is 0.372. The van der Waals surface area contributed by atoms with Crippen molar-refractivity contribution in [3.63, 3.8) is 0 Å². The number of hydrogen-bond donors (Lipinski definition) is 1. The van der Waals surface area contributed by atoms with Crippen LogP contribution in [-0.4, -0.2) is 18.1 Å². The highest BCUT2D eigenvalue weighted by Gasteiger charge is 2.18. The number of nitrogens with zero attached hydrogens (tertiary/aromatic N) is 1. The Morgan fingerprint density at radius 2 is 2.64 bits per heavy atom. The summed E-state index contributed by atoms with van der Waals surface area (Å²) >= 11 is 0. The molecule has 5 heteroatoms. The van der Waals surface area contributed by atoms with Gasteiger partial charge in [-0.1, -0.05) is 0 Å². The van der Waals surface area contributed by atoms with Crippen LogP contribution in [0.4, 0.5) is 0 Å². The van der Waals surface area contributed by atoms with Crippen molar-refractivity contribution >= 4 is 5.97 Å². The number of methoxy groups -OCH3 is 1. The third-order valence-electron chi connectivity index (χ3n) is 1.23. The predicted molar refractivity (Wildman–Crippen MR) is 35.4 cm³/mol. The van der Waals surface area contributed by atoms with Crippen LogP contribution in [0.1, 0.15) is 11.7 Å². The molecule has 0 fully saturated rings. The van der Waals surface area contributed by atoms with Crippen LogP contribution >= 0.6 is 0 Å². The number of esters is 1. The molecule has 0 aliphatic rings. The molecule has 1 heterocycles. The van der Waals surface area contributed by atoms with Crippen molar-refractivity contribution in [2.45, 2.75) is 6.04 Å². The molecule has 1 unspecified atom stereocenters. The molecule has 0 saturated carbocycles. The average Bonchev–Trinajstić information content (AvgIpc) is 2.53. The van der Waals surface area contributed by atoms with Gasteiger partial charge in [-0.25, -0.2) is 9.78 Å². The van der Waals surface area contributed by atoms with E-state index >= 15 is 0 Å². The van der Waals surface area contributed by atoms with Gasteiger partial charge in [0, 0.05) is 0 Å². The highest BCUT2D eigenvalue weighted by Crippen LogP contribution is 2.07. The standard InChI is InChI=1S/C6H8N2O3/c1-10-6(9)5(7)4-2-11-3-8-4/h2-3,5H,7H2,1H3. The summed E-state index contributed by atoms with van der Waals surface area (Å²) in [5.74, 6) is -0.529. The maximum absolute atomic E-state index is 10.8. The van der Waals surface area contributed by atoms with Crippen molar-refractivity contribution in [1.82, 2.24) is 4.98 Å². The quantitative estimate of drug-likeness (QED) is 0.602. The van der Waals surface area contributed by atoms with Crippen molar-refractivity contribution in [2.75, 3.05) is 7.11 Å². The molecule has 0 saturated heterocycles. The van der Waals surface area contributed by atoms with Gasteiger partial charge in [-0.2, -0.15) is 0 Å². The van der Waals surface area contributed by atoms with Gasteiger partial charge in [-0.3, -0.25) is 0 Å². The van der Waals surface area contributed by atoms with E-state index in [1.165, 1.54) is 19.8 Å². The number of aromatic nitrogens is 1. The summed E-state index contributed by atoms with van der Waals surface area (Å²) in [6, 6.07) is -0.848. The molecule has 0 spiro atoms. The first-order valence-electron chi connectivity index (χ1n) is 2.97. The maximum atomic E-state index is 10.8. The van der Waals surface area contributed by atoms with E-state index in [0.29, 0.717) is 5.69 Å². The molecule has 1 aromatic rings. The van der Waals surface area contributed by atoms with Gasteiger partial charge in [0.1, 0.15) is 18.0 Å². The first-order chi connectivity index (χ1) is 5.25. The van der Waals surface area contributed by atoms with Crippen molar-refractivity contribution in [1.29, 1.82) is 0 Å². The SMILES string of the molecule is COC(=O)C(N)c1cocn1. The van der Waals surface area contributed by atoms with E-state index in [2.05, 4.69) is 14.1 Å². The molecule has 1 atom stereocenters. The van der Waals surface area contributed by atoms with Crippen molar-refractivity contribution in [3.8, 4) is 0 Å². The van der Waals surface area contributed by atoms with Gasteiger partial charge in [0.2, 0.25) is 0 Å². The molecule has 0 aliphatic carbocycles. The zero-order valence-corrected chi connectivity index (χ0v) is 5.98. The second kappa shape index (κ2) is 3.16. The fourth-order valence-electron chi connectivity index (χ4n) is 0.623. The van der Waals surface area contributed by atoms with E-state index in [1.807, 2.05) is 0 Å². The normalized spacial score (nSPS) is 12.5. The molecule has 1 rings (SSSR count). The van der Waals surface area contributed by atoms with E-state index < -0.39 is 12.0 Å². The van der Waals surface area contributed by atoms with Gasteiger partial charge in [0.05, 0.1) is 7.11 Å². The summed E-state index contributed by atoms with van der Waals surface area (Å²) in [5.41, 5.74) is 5.77. The maximum Gasteiger partial charge on any atom is 0.329 e. The van der Waals surface area contributed by atoms with Crippen LogP contribution in [0.2, 0.25) is 0 Å². The smallest absolute Gasteiger partial charge is 0.329 e. The first-order valence-corrected chi connectivity index (χ1v) is 2.97. The zero-order chi connectivity index (χ0) is 8.27. The Bertz CT molecular complexity index is 232. The number of ether oxygens (including phenoxy) is 1. The van der Waals surface area contributed by atoms with Gasteiger partial charge >= 0.3 is 5.97 Å². The number of oxazole rings is 1. The summed E-state index contributed by atoms with van der Waals surface area (Å²) in [6.07, 6.45) is 2.51. The van der Waals surface area contributed by atoms with Gasteiger partial charge < -0.3 is 14.9 Å². The lowest BCUT2D eigenvalue weighted by molar-refractivity contribution is -0.142. The summed E-state index contributed by atoms with van der Waals surface area (Å²) in [5, 5.41) is 0. The summed E-state index contributed by atoms with van der Waals surface area (Å²) in [7, 11) is 1.27. The van der Waals surface area contributed by atoms with E-state index in [-0.39, 0.29) is 0 Å². The number of carbonyl (C=O) groups is 1. The minimum atomic E-state index is -0.848. The van der Waals surface area contributed by atoms with Gasteiger partial charge in [-0.15, -0.1) is 0 Å². The lowest BCUT2D eigenvalue weighted by Crippen LogP contribution is -2.22. The number of rotatable bonds is 2. The van der Waals surface area contributed by atoms with Gasteiger partial charge in [-0.05, 0) is 0 Å². The Morgan fingerprint density at radius 3 is 3.09 bits per heavy atom. The Morgan fingerprint density at radius 1 is 1.91 bits per heavy atom. The third-order valence-corrected chi connectivity index (χ3v) is 1.23. The first kappa shape index (κ1) is 7.74. The number of hydrogen-bond acceptors (Lipinski definition) is 5. The Kier molecular flexibility index (Phi) is 2.22. The van der Waals surface area contributed by atoms with Crippen LogP contribution in [0.15, 0.2) is 17.1 Å². The number of nitrogens with two attached hydrogens (primary N) is 1. The second-order valence-corrected chi connectivity index (χ2v) is 1.91. The third kappa shape index (κ3) is 1.56. The highest BCUT2D eigenvalue weighted by atomic mass is 16.5. The highest BCUT2D eigenvalue weighted by molar-refractivity contribution is 5.76. The van der Waals surface area contributed by atoms with Crippen LogP contribution in [-0.2, 0) is 9.53 Å². The monoisotopic (exact) mass is 156 g/mol. The lowest BCUT2D eigenvalue weighted by Gasteiger charge is -2.03.